The van der Waals surface area contributed by atoms with E-state index >= 15 is 0 Å². The van der Waals surface area contributed by atoms with E-state index in [2.05, 4.69) is 31.7 Å². The summed E-state index contributed by atoms with van der Waals surface area (Å²) in [6, 6.07) is 5.69. The lowest BCUT2D eigenvalue weighted by Gasteiger charge is -2.11. The number of benzene rings is 1. The Labute approximate surface area is 73.1 Å². The molecule has 7 heteroatoms. The van der Waals surface area contributed by atoms with Crippen LogP contribution < -0.4 is 26.4 Å². The van der Waals surface area contributed by atoms with E-state index in [1.165, 1.54) is 5.12 Å². The maximum absolute atomic E-state index is 3.75. The Hall–Kier alpha value is -2.18. The average molecular weight is 175 g/mol. The van der Waals surface area contributed by atoms with E-state index in [1.807, 2.05) is 18.2 Å². The average Bonchev–Trinajstić information content (AvgIpc) is 2.19. The summed E-state index contributed by atoms with van der Waals surface area (Å²) in [6.45, 7) is 0. The molecule has 7 nitrogen and oxygen atoms in total. The van der Waals surface area contributed by atoms with Gasteiger partial charge in [-0.1, -0.05) is 6.07 Å². The molecule has 0 amide bonds. The molecule has 2 heterocycles. The predicted molar refractivity (Wildman–Crippen MR) is 45.3 cm³/mol. The molecule has 13 heavy (non-hydrogen) atoms. The normalized spacial score (nSPS) is 16.2. The highest BCUT2D eigenvalue weighted by Crippen LogP contribution is 2.36. The van der Waals surface area contributed by atoms with Gasteiger partial charge in [0, 0.05) is 5.12 Å². The first kappa shape index (κ1) is 6.35. The van der Waals surface area contributed by atoms with Crippen LogP contribution in [0.5, 0.6) is 0 Å². The third-order valence-corrected chi connectivity index (χ3v) is 1.84. The van der Waals surface area contributed by atoms with Gasteiger partial charge < -0.3 is 0 Å². The SMILES string of the molecule is c1cc2c3c(c1)N[N+]=NN3N=[N+]N2. The fraction of sp³-hybridized carbons (Fsp3) is 0. The maximum Gasteiger partial charge on any atom is 0.239 e. The highest BCUT2D eigenvalue weighted by atomic mass is 15.8. The summed E-state index contributed by atoms with van der Waals surface area (Å²) >= 11 is 0. The lowest BCUT2D eigenvalue weighted by Crippen LogP contribution is -2.26. The highest BCUT2D eigenvalue weighted by molar-refractivity contribution is 5.83. The Kier molecular flexibility index (Phi) is 1.05. The zero-order valence-corrected chi connectivity index (χ0v) is 6.47. The molecule has 1 aromatic rings. The molecule has 2 aliphatic heterocycles. The molecule has 3 rings (SSSR count). The molecule has 0 aliphatic carbocycles. The quantitative estimate of drug-likeness (QED) is 0.605. The number of rotatable bonds is 0. The van der Waals surface area contributed by atoms with Gasteiger partial charge in [-0.3, -0.25) is 0 Å². The van der Waals surface area contributed by atoms with Crippen molar-refractivity contribution in [2.75, 3.05) is 16.0 Å². The van der Waals surface area contributed by atoms with Gasteiger partial charge in [-0.2, -0.15) is 10.9 Å². The minimum absolute atomic E-state index is 0.840. The van der Waals surface area contributed by atoms with Crippen molar-refractivity contribution >= 4 is 17.1 Å². The van der Waals surface area contributed by atoms with Crippen molar-refractivity contribution in [3.05, 3.63) is 18.2 Å². The fourth-order valence-electron chi connectivity index (χ4n) is 1.28. The largest absolute Gasteiger partial charge is 0.239 e. The molecule has 0 fully saturated rings. The van der Waals surface area contributed by atoms with Crippen LogP contribution in [0.1, 0.15) is 0 Å². The summed E-state index contributed by atoms with van der Waals surface area (Å²) in [5, 5.41) is 16.2. The van der Waals surface area contributed by atoms with Gasteiger partial charge in [0.05, 0.1) is 0 Å². The molecule has 2 radical (unpaired) electrons. The smallest absolute Gasteiger partial charge is 0.158 e. The van der Waals surface area contributed by atoms with Crippen LogP contribution in [0.15, 0.2) is 28.6 Å². The lowest BCUT2D eigenvalue weighted by atomic mass is 10.2. The van der Waals surface area contributed by atoms with Crippen LogP contribution in [-0.2, 0) is 0 Å². The van der Waals surface area contributed by atoms with Crippen LogP contribution in [0.4, 0.5) is 17.1 Å². The molecule has 0 saturated carbocycles. The number of nitrogens with zero attached hydrogens (tertiary/aromatic N) is 5. The van der Waals surface area contributed by atoms with Crippen molar-refractivity contribution < 1.29 is 0 Å². The van der Waals surface area contributed by atoms with E-state index in [0.29, 0.717) is 0 Å². The van der Waals surface area contributed by atoms with Crippen molar-refractivity contribution in [2.45, 2.75) is 0 Å². The molecule has 0 atom stereocenters. The van der Waals surface area contributed by atoms with E-state index in [1.54, 1.807) is 0 Å². The molecule has 2 aliphatic rings. The summed E-state index contributed by atoms with van der Waals surface area (Å²) in [4.78, 5) is 0. The third kappa shape index (κ3) is 0.776. The van der Waals surface area contributed by atoms with Crippen molar-refractivity contribution in [1.82, 2.24) is 10.4 Å². The number of hydrogen-bond acceptors (Lipinski definition) is 7. The molecule has 1 aromatic carbocycles. The van der Waals surface area contributed by atoms with Gasteiger partial charge in [0.15, 0.2) is 20.9 Å². The van der Waals surface area contributed by atoms with Gasteiger partial charge >= 0.3 is 0 Å². The Bertz CT molecular complexity index is 375. The fourth-order valence-corrected chi connectivity index (χ4v) is 1.28. The number of hydrogen-bond donors (Lipinski definition) is 2. The summed E-state index contributed by atoms with van der Waals surface area (Å²) in [5.74, 6) is 0. The number of nitrogens with one attached hydrogen (secondary N) is 2. The van der Waals surface area contributed by atoms with E-state index < -0.39 is 0 Å². The summed E-state index contributed by atoms with van der Waals surface area (Å²) in [6.07, 6.45) is 0. The zero-order chi connectivity index (χ0) is 8.67. The van der Waals surface area contributed by atoms with Gasteiger partial charge in [-0.05, 0) is 12.1 Å². The first-order valence-electron chi connectivity index (χ1n) is 3.71. The van der Waals surface area contributed by atoms with Crippen molar-refractivity contribution in [1.29, 1.82) is 0 Å². The van der Waals surface area contributed by atoms with Crippen LogP contribution in [0.3, 0.4) is 0 Å². The van der Waals surface area contributed by atoms with Gasteiger partial charge in [-0.25, -0.2) is 0 Å². The predicted octanol–water partition coefficient (Wildman–Crippen LogP) is 0.580. The Morgan fingerprint density at radius 2 is 1.69 bits per heavy atom. The van der Waals surface area contributed by atoms with E-state index in [0.717, 1.165) is 17.1 Å². The van der Waals surface area contributed by atoms with Crippen LogP contribution in [-0.4, -0.2) is 0 Å². The second-order valence-electron chi connectivity index (χ2n) is 2.59. The number of para-hydroxylation sites is 1. The minimum Gasteiger partial charge on any atom is -0.158 e. The second-order valence-corrected chi connectivity index (χ2v) is 2.59. The van der Waals surface area contributed by atoms with E-state index in [-0.39, 0.29) is 0 Å². The van der Waals surface area contributed by atoms with Gasteiger partial charge in [0.1, 0.15) is 11.4 Å². The zero-order valence-electron chi connectivity index (χ0n) is 6.47. The van der Waals surface area contributed by atoms with Crippen molar-refractivity contribution in [2.24, 2.45) is 10.4 Å². The molecule has 0 aromatic heterocycles. The highest BCUT2D eigenvalue weighted by Gasteiger charge is 2.33. The van der Waals surface area contributed by atoms with E-state index in [4.69, 9.17) is 0 Å². The van der Waals surface area contributed by atoms with Crippen LogP contribution >= 0.6 is 0 Å². The van der Waals surface area contributed by atoms with Gasteiger partial charge in [0.2, 0.25) is 5.69 Å². The molecule has 2 N–H and O–H groups in total. The van der Waals surface area contributed by atoms with E-state index in [9.17, 15) is 0 Å². The van der Waals surface area contributed by atoms with Crippen LogP contribution in [0, 0.1) is 0 Å². The first-order chi connectivity index (χ1) is 6.45. The molecule has 0 spiro atoms. The lowest BCUT2D eigenvalue weighted by molar-refractivity contribution is 0.688. The van der Waals surface area contributed by atoms with Crippen molar-refractivity contribution in [3.63, 3.8) is 0 Å². The molecule has 0 saturated heterocycles. The molecular formula is C6H5N7+2. The van der Waals surface area contributed by atoms with Gasteiger partial charge in [-0.15, -0.1) is 0 Å². The minimum atomic E-state index is 0.840. The first-order valence-corrected chi connectivity index (χ1v) is 3.71. The van der Waals surface area contributed by atoms with Gasteiger partial charge in [0.25, 0.3) is 0 Å². The Balaban J connectivity index is 2.27. The molecule has 62 valence electrons. The standard InChI is InChI=1S/C6H5N7/c1-2-4-6-5(3-1)8-10-12-13(6)11-9-7-4/h1-3H,(H,7,11)(H,8,12)/q+2. The monoisotopic (exact) mass is 175 g/mol. The summed E-state index contributed by atoms with van der Waals surface area (Å²) < 4.78 is 0. The number of anilines is 3. The second kappa shape index (κ2) is 2.16. The third-order valence-electron chi connectivity index (χ3n) is 1.84. The Morgan fingerprint density at radius 3 is 2.31 bits per heavy atom. The topological polar surface area (TPSA) is 80.2 Å². The van der Waals surface area contributed by atoms with Crippen LogP contribution in [0.25, 0.3) is 0 Å². The van der Waals surface area contributed by atoms with Crippen molar-refractivity contribution in [3.8, 4) is 0 Å². The summed E-state index contributed by atoms with van der Waals surface area (Å²) in [7, 11) is 0. The molecule has 0 bridgehead atoms. The Morgan fingerprint density at radius 1 is 1.08 bits per heavy atom. The molecule has 0 unspecified atom stereocenters. The summed E-state index contributed by atoms with van der Waals surface area (Å²) in [5.41, 5.74) is 8.11. The maximum atomic E-state index is 3.75. The molecular weight excluding hydrogens is 170 g/mol. The van der Waals surface area contributed by atoms with Crippen LogP contribution in [0.2, 0.25) is 0 Å².